The summed E-state index contributed by atoms with van der Waals surface area (Å²) >= 11 is 1.64. The largest absolute Gasteiger partial charge is 0.497 e. The second-order valence-corrected chi connectivity index (χ2v) is 5.10. The Morgan fingerprint density at radius 3 is 3.00 bits per heavy atom. The fraction of sp³-hybridized carbons (Fsp3) is 0.286. The van der Waals surface area contributed by atoms with E-state index in [0.29, 0.717) is 12.2 Å². The topological polar surface area (TPSA) is 38.7 Å². The van der Waals surface area contributed by atoms with Gasteiger partial charge < -0.3 is 14.6 Å². The molecule has 0 saturated carbocycles. The molecule has 2 heterocycles. The van der Waals surface area contributed by atoms with Crippen molar-refractivity contribution in [3.8, 4) is 11.5 Å². The van der Waals surface area contributed by atoms with Crippen LogP contribution in [0.3, 0.4) is 0 Å². The molecule has 1 aromatic carbocycles. The average Bonchev–Trinajstić information content (AvgIpc) is 2.91. The van der Waals surface area contributed by atoms with Crippen LogP contribution < -0.4 is 9.47 Å². The Hall–Kier alpha value is -1.52. The van der Waals surface area contributed by atoms with Gasteiger partial charge in [0.2, 0.25) is 0 Å². The van der Waals surface area contributed by atoms with Gasteiger partial charge >= 0.3 is 0 Å². The van der Waals surface area contributed by atoms with Gasteiger partial charge in [-0.25, -0.2) is 0 Å². The van der Waals surface area contributed by atoms with Gasteiger partial charge in [0.1, 0.15) is 17.6 Å². The van der Waals surface area contributed by atoms with Crippen LogP contribution in [0, 0.1) is 0 Å². The van der Waals surface area contributed by atoms with Gasteiger partial charge in [-0.2, -0.15) is 11.3 Å². The number of thiophene rings is 1. The van der Waals surface area contributed by atoms with E-state index in [0.717, 1.165) is 16.9 Å². The summed E-state index contributed by atoms with van der Waals surface area (Å²) in [4.78, 5) is 0. The highest BCUT2D eigenvalue weighted by atomic mass is 32.1. The number of ether oxygens (including phenoxy) is 2. The zero-order chi connectivity index (χ0) is 12.5. The van der Waals surface area contributed by atoms with Gasteiger partial charge in [0.25, 0.3) is 0 Å². The van der Waals surface area contributed by atoms with Crippen molar-refractivity contribution >= 4 is 11.3 Å². The van der Waals surface area contributed by atoms with E-state index in [4.69, 9.17) is 9.47 Å². The van der Waals surface area contributed by atoms with Gasteiger partial charge in [0, 0.05) is 23.6 Å². The van der Waals surface area contributed by atoms with Crippen LogP contribution in [-0.2, 0) is 0 Å². The number of benzene rings is 1. The first-order valence-electron chi connectivity index (χ1n) is 5.82. The number of methoxy groups -OCH3 is 1. The number of aliphatic hydroxyl groups is 1. The van der Waals surface area contributed by atoms with Gasteiger partial charge in [-0.05, 0) is 29.0 Å². The summed E-state index contributed by atoms with van der Waals surface area (Å²) < 4.78 is 11.1. The fourth-order valence-corrected chi connectivity index (χ4v) is 2.91. The van der Waals surface area contributed by atoms with Crippen LogP contribution in [0.4, 0.5) is 0 Å². The summed E-state index contributed by atoms with van der Waals surface area (Å²) in [6.07, 6.45) is 0.0335. The lowest BCUT2D eigenvalue weighted by Gasteiger charge is -2.29. The van der Waals surface area contributed by atoms with E-state index in [2.05, 4.69) is 5.38 Å². The molecule has 0 aliphatic carbocycles. The molecule has 1 N–H and O–H groups in total. The minimum absolute atomic E-state index is 0.0779. The summed E-state index contributed by atoms with van der Waals surface area (Å²) in [6.45, 7) is 0. The lowest BCUT2D eigenvalue weighted by molar-refractivity contribution is 0.0657. The molecule has 1 aliphatic rings. The number of hydrogen-bond acceptors (Lipinski definition) is 4. The third kappa shape index (κ3) is 1.98. The van der Waals surface area contributed by atoms with Crippen LogP contribution in [0.25, 0.3) is 0 Å². The Labute approximate surface area is 110 Å². The first-order chi connectivity index (χ1) is 8.78. The number of hydrogen-bond donors (Lipinski definition) is 1. The molecule has 1 aliphatic heterocycles. The number of aliphatic hydroxyl groups excluding tert-OH is 1. The molecule has 0 saturated heterocycles. The van der Waals surface area contributed by atoms with E-state index < -0.39 is 6.10 Å². The van der Waals surface area contributed by atoms with Crippen LogP contribution >= 0.6 is 11.3 Å². The Morgan fingerprint density at radius 2 is 2.28 bits per heavy atom. The van der Waals surface area contributed by atoms with Crippen LogP contribution in [-0.4, -0.2) is 12.2 Å². The Balaban J connectivity index is 1.95. The van der Waals surface area contributed by atoms with Crippen molar-refractivity contribution in [3.63, 3.8) is 0 Å². The van der Waals surface area contributed by atoms with Crippen LogP contribution in [0.2, 0.25) is 0 Å². The SMILES string of the molecule is COc1ccc2c(c1)OC(c1ccsc1)CC2O. The van der Waals surface area contributed by atoms with Crippen LogP contribution in [0.1, 0.15) is 29.8 Å². The van der Waals surface area contributed by atoms with E-state index >= 15 is 0 Å². The Morgan fingerprint density at radius 1 is 1.39 bits per heavy atom. The zero-order valence-electron chi connectivity index (χ0n) is 10.00. The van der Waals surface area contributed by atoms with Crippen molar-refractivity contribution < 1.29 is 14.6 Å². The number of fused-ring (bicyclic) bond motifs is 1. The maximum atomic E-state index is 10.2. The van der Waals surface area contributed by atoms with Crippen LogP contribution in [0.15, 0.2) is 35.0 Å². The molecule has 3 nitrogen and oxygen atoms in total. The highest BCUT2D eigenvalue weighted by Crippen LogP contribution is 2.42. The van der Waals surface area contributed by atoms with Crippen molar-refractivity contribution in [1.82, 2.24) is 0 Å². The normalized spacial score (nSPS) is 22.1. The smallest absolute Gasteiger partial charge is 0.129 e. The predicted octanol–water partition coefficient (Wildman–Crippen LogP) is 3.31. The standard InChI is InChI=1S/C14H14O3S/c1-16-10-2-3-11-12(15)7-13(17-14(11)6-10)9-4-5-18-8-9/h2-6,8,12-13,15H,7H2,1H3. The molecule has 0 fully saturated rings. The van der Waals surface area contributed by atoms with Gasteiger partial charge in [-0.1, -0.05) is 0 Å². The van der Waals surface area contributed by atoms with Crippen molar-refractivity contribution in [2.24, 2.45) is 0 Å². The van der Waals surface area contributed by atoms with E-state index in [-0.39, 0.29) is 6.10 Å². The van der Waals surface area contributed by atoms with E-state index in [9.17, 15) is 5.11 Å². The minimum atomic E-state index is -0.482. The minimum Gasteiger partial charge on any atom is -0.497 e. The van der Waals surface area contributed by atoms with Crippen LogP contribution in [0.5, 0.6) is 11.5 Å². The fourth-order valence-electron chi connectivity index (χ4n) is 2.21. The second kappa shape index (κ2) is 4.63. The van der Waals surface area contributed by atoms with Crippen molar-refractivity contribution in [3.05, 3.63) is 46.2 Å². The van der Waals surface area contributed by atoms with Gasteiger partial charge in [-0.3, -0.25) is 0 Å². The third-order valence-corrected chi connectivity index (χ3v) is 3.90. The predicted molar refractivity (Wildman–Crippen MR) is 70.3 cm³/mol. The Kier molecular flexibility index (Phi) is 2.97. The quantitative estimate of drug-likeness (QED) is 0.902. The molecule has 4 heteroatoms. The number of rotatable bonds is 2. The Bertz CT molecular complexity index is 536. The van der Waals surface area contributed by atoms with Gasteiger partial charge in [0.15, 0.2) is 0 Å². The van der Waals surface area contributed by atoms with E-state index in [1.807, 2.05) is 29.6 Å². The maximum absolute atomic E-state index is 10.2. The van der Waals surface area contributed by atoms with Crippen molar-refractivity contribution in [2.75, 3.05) is 7.11 Å². The molecule has 2 atom stereocenters. The molecule has 3 rings (SSSR count). The molecule has 18 heavy (non-hydrogen) atoms. The first kappa shape index (κ1) is 11.6. The summed E-state index contributed by atoms with van der Waals surface area (Å²) in [7, 11) is 1.62. The molecule has 2 aromatic rings. The molecular formula is C14H14O3S. The van der Waals surface area contributed by atoms with Crippen molar-refractivity contribution in [1.29, 1.82) is 0 Å². The molecule has 0 spiro atoms. The summed E-state index contributed by atoms with van der Waals surface area (Å²) in [5, 5.41) is 14.3. The molecule has 0 radical (unpaired) electrons. The summed E-state index contributed by atoms with van der Waals surface area (Å²) in [6, 6.07) is 7.57. The average molecular weight is 262 g/mol. The summed E-state index contributed by atoms with van der Waals surface area (Å²) in [5.41, 5.74) is 1.95. The highest BCUT2D eigenvalue weighted by Gasteiger charge is 2.28. The maximum Gasteiger partial charge on any atom is 0.129 e. The third-order valence-electron chi connectivity index (χ3n) is 3.20. The molecule has 2 unspecified atom stereocenters. The zero-order valence-corrected chi connectivity index (χ0v) is 10.8. The molecule has 0 amide bonds. The molecular weight excluding hydrogens is 248 g/mol. The van der Waals surface area contributed by atoms with E-state index in [1.54, 1.807) is 18.4 Å². The van der Waals surface area contributed by atoms with E-state index in [1.165, 1.54) is 0 Å². The van der Waals surface area contributed by atoms with Gasteiger partial charge in [0.05, 0.1) is 13.2 Å². The molecule has 0 bridgehead atoms. The first-order valence-corrected chi connectivity index (χ1v) is 6.77. The lowest BCUT2D eigenvalue weighted by Crippen LogP contribution is -2.18. The second-order valence-electron chi connectivity index (χ2n) is 4.32. The highest BCUT2D eigenvalue weighted by molar-refractivity contribution is 7.07. The lowest BCUT2D eigenvalue weighted by atomic mass is 9.96. The van der Waals surface area contributed by atoms with Crippen molar-refractivity contribution in [2.45, 2.75) is 18.6 Å². The summed E-state index contributed by atoms with van der Waals surface area (Å²) in [5.74, 6) is 1.45. The monoisotopic (exact) mass is 262 g/mol. The molecule has 1 aromatic heterocycles. The molecule has 94 valence electrons. The van der Waals surface area contributed by atoms with Gasteiger partial charge in [-0.15, -0.1) is 0 Å².